The van der Waals surface area contributed by atoms with Gasteiger partial charge in [0.25, 0.3) is 0 Å². The van der Waals surface area contributed by atoms with E-state index in [9.17, 15) is 14.4 Å². The fourth-order valence-corrected chi connectivity index (χ4v) is 3.64. The Kier molecular flexibility index (Phi) is 8.55. The van der Waals surface area contributed by atoms with Crippen LogP contribution < -0.4 is 5.32 Å². The fraction of sp³-hybridized carbons (Fsp3) is 0.286. The fourth-order valence-electron chi connectivity index (χ4n) is 2.48. The molecular weight excluding hydrogens is 378 g/mol. The lowest BCUT2D eigenvalue weighted by atomic mass is 10.1. The van der Waals surface area contributed by atoms with Crippen LogP contribution >= 0.6 is 11.8 Å². The van der Waals surface area contributed by atoms with Gasteiger partial charge in [0.15, 0.2) is 0 Å². The van der Waals surface area contributed by atoms with E-state index in [-0.39, 0.29) is 18.3 Å². The van der Waals surface area contributed by atoms with Crippen molar-refractivity contribution in [1.29, 1.82) is 0 Å². The molecule has 0 aliphatic rings. The molecule has 2 aromatic rings. The van der Waals surface area contributed by atoms with Crippen LogP contribution in [-0.4, -0.2) is 36.8 Å². The van der Waals surface area contributed by atoms with Gasteiger partial charge in [-0.15, -0.1) is 11.8 Å². The number of thioether (sulfide) groups is 1. The van der Waals surface area contributed by atoms with E-state index in [1.807, 2.05) is 60.7 Å². The Hall–Kier alpha value is -2.80. The van der Waals surface area contributed by atoms with Crippen LogP contribution in [0.5, 0.6) is 0 Å². The highest BCUT2D eigenvalue weighted by Crippen LogP contribution is 2.31. The summed E-state index contributed by atoms with van der Waals surface area (Å²) in [6.07, 6.45) is 0. The Bertz CT molecular complexity index is 782. The number of methoxy groups -OCH3 is 1. The topological polar surface area (TPSA) is 81.7 Å². The summed E-state index contributed by atoms with van der Waals surface area (Å²) in [4.78, 5) is 36.0. The molecule has 0 spiro atoms. The van der Waals surface area contributed by atoms with Crippen molar-refractivity contribution >= 4 is 29.6 Å². The first-order valence-corrected chi connectivity index (χ1v) is 9.78. The molecular formula is C21H23NO5S. The van der Waals surface area contributed by atoms with Crippen molar-refractivity contribution in [2.75, 3.05) is 12.9 Å². The van der Waals surface area contributed by atoms with Gasteiger partial charge in [0, 0.05) is 12.7 Å². The van der Waals surface area contributed by atoms with Crippen LogP contribution in [0.25, 0.3) is 0 Å². The Balaban J connectivity index is 2.09. The van der Waals surface area contributed by atoms with Gasteiger partial charge in [-0.1, -0.05) is 60.7 Å². The molecule has 2 rings (SSSR count). The zero-order valence-corrected chi connectivity index (χ0v) is 16.6. The molecule has 0 aliphatic heterocycles. The molecule has 28 heavy (non-hydrogen) atoms. The zero-order chi connectivity index (χ0) is 20.4. The number of ether oxygens (including phenoxy) is 2. The number of benzene rings is 2. The molecule has 1 amide bonds. The van der Waals surface area contributed by atoms with Crippen LogP contribution in [0, 0.1) is 0 Å². The average molecular weight is 401 g/mol. The second-order valence-corrected chi connectivity index (χ2v) is 7.13. The molecule has 2 aromatic carbocycles. The summed E-state index contributed by atoms with van der Waals surface area (Å²) in [7, 11) is 1.25. The molecule has 7 heteroatoms. The number of hydrogen-bond donors (Lipinski definition) is 1. The lowest BCUT2D eigenvalue weighted by molar-refractivity contribution is -0.145. The van der Waals surface area contributed by atoms with E-state index in [1.165, 1.54) is 25.8 Å². The smallest absolute Gasteiger partial charge is 0.329 e. The van der Waals surface area contributed by atoms with Gasteiger partial charge in [0.1, 0.15) is 17.9 Å². The lowest BCUT2D eigenvalue weighted by Gasteiger charge is -2.20. The van der Waals surface area contributed by atoms with Gasteiger partial charge < -0.3 is 14.8 Å². The molecule has 0 aromatic heterocycles. The minimum Gasteiger partial charge on any atom is -0.467 e. The van der Waals surface area contributed by atoms with E-state index in [2.05, 4.69) is 5.32 Å². The predicted octanol–water partition coefficient (Wildman–Crippen LogP) is 2.88. The standard InChI is InChI=1S/C21H23NO5S/c1-15(23)22-18(20(24)26-2)14-28-19(17-11-7-4-8-12-17)21(25)27-13-16-9-5-3-6-10-16/h3-12,18-19H,13-14H2,1-2H3,(H,22,23)/t18-,19?/m0/s1. The first-order chi connectivity index (χ1) is 13.5. The number of hydrogen-bond acceptors (Lipinski definition) is 6. The first kappa shape index (κ1) is 21.5. The van der Waals surface area contributed by atoms with E-state index in [0.717, 1.165) is 11.1 Å². The Labute approximate surface area is 168 Å². The van der Waals surface area contributed by atoms with Crippen LogP contribution in [0.3, 0.4) is 0 Å². The first-order valence-electron chi connectivity index (χ1n) is 8.73. The maximum atomic E-state index is 12.7. The molecule has 0 heterocycles. The van der Waals surface area contributed by atoms with Gasteiger partial charge in [-0.3, -0.25) is 9.59 Å². The molecule has 0 fully saturated rings. The number of esters is 2. The summed E-state index contributed by atoms with van der Waals surface area (Å²) in [6, 6.07) is 17.7. The van der Waals surface area contributed by atoms with Crippen LogP contribution in [0.15, 0.2) is 60.7 Å². The molecule has 1 unspecified atom stereocenters. The van der Waals surface area contributed by atoms with E-state index >= 15 is 0 Å². The van der Waals surface area contributed by atoms with Crippen molar-refractivity contribution in [2.45, 2.75) is 24.8 Å². The summed E-state index contributed by atoms with van der Waals surface area (Å²) >= 11 is 1.22. The summed E-state index contributed by atoms with van der Waals surface area (Å²) in [5, 5.41) is 1.91. The Morgan fingerprint density at radius 2 is 1.57 bits per heavy atom. The van der Waals surface area contributed by atoms with Crippen LogP contribution in [0.1, 0.15) is 23.3 Å². The minimum atomic E-state index is -0.847. The summed E-state index contributed by atoms with van der Waals surface area (Å²) in [5.74, 6) is -1.15. The summed E-state index contributed by atoms with van der Waals surface area (Å²) in [5.41, 5.74) is 1.65. The van der Waals surface area contributed by atoms with Gasteiger partial charge >= 0.3 is 11.9 Å². The third-order valence-corrected chi connectivity index (χ3v) is 5.16. The summed E-state index contributed by atoms with van der Waals surface area (Å²) in [6.45, 7) is 1.49. The van der Waals surface area contributed by atoms with Gasteiger partial charge in [-0.05, 0) is 11.1 Å². The number of carbonyl (C=O) groups excluding carboxylic acids is 3. The molecule has 1 N–H and O–H groups in total. The Morgan fingerprint density at radius 3 is 2.14 bits per heavy atom. The third-order valence-electron chi connectivity index (χ3n) is 3.83. The molecule has 148 valence electrons. The van der Waals surface area contributed by atoms with Crippen molar-refractivity contribution in [2.24, 2.45) is 0 Å². The molecule has 2 atom stereocenters. The van der Waals surface area contributed by atoms with Gasteiger partial charge in [0.2, 0.25) is 5.91 Å². The molecule has 6 nitrogen and oxygen atoms in total. The summed E-state index contributed by atoms with van der Waals surface area (Å²) < 4.78 is 10.2. The van der Waals surface area contributed by atoms with Crippen LogP contribution in [0.2, 0.25) is 0 Å². The molecule has 0 saturated heterocycles. The van der Waals surface area contributed by atoms with Gasteiger partial charge in [-0.2, -0.15) is 0 Å². The van der Waals surface area contributed by atoms with Crippen LogP contribution in [0.4, 0.5) is 0 Å². The predicted molar refractivity (Wildman–Crippen MR) is 107 cm³/mol. The number of amides is 1. The monoisotopic (exact) mass is 401 g/mol. The van der Waals surface area contributed by atoms with E-state index in [0.29, 0.717) is 0 Å². The van der Waals surface area contributed by atoms with E-state index < -0.39 is 23.2 Å². The number of nitrogens with one attached hydrogen (secondary N) is 1. The zero-order valence-electron chi connectivity index (χ0n) is 15.8. The average Bonchev–Trinajstić information content (AvgIpc) is 2.72. The number of carbonyl (C=O) groups is 3. The highest BCUT2D eigenvalue weighted by molar-refractivity contribution is 8.00. The van der Waals surface area contributed by atoms with Crippen LogP contribution in [-0.2, 0) is 30.5 Å². The van der Waals surface area contributed by atoms with Crippen molar-refractivity contribution in [3.05, 3.63) is 71.8 Å². The van der Waals surface area contributed by atoms with E-state index in [1.54, 1.807) is 0 Å². The minimum absolute atomic E-state index is 0.162. The third kappa shape index (κ3) is 6.74. The van der Waals surface area contributed by atoms with Crippen molar-refractivity contribution in [3.63, 3.8) is 0 Å². The molecule has 0 radical (unpaired) electrons. The maximum absolute atomic E-state index is 12.7. The second kappa shape index (κ2) is 11.1. The second-order valence-electron chi connectivity index (χ2n) is 5.99. The molecule has 0 bridgehead atoms. The van der Waals surface area contributed by atoms with Gasteiger partial charge in [0.05, 0.1) is 7.11 Å². The van der Waals surface area contributed by atoms with Crippen molar-refractivity contribution < 1.29 is 23.9 Å². The highest BCUT2D eigenvalue weighted by Gasteiger charge is 2.27. The lowest BCUT2D eigenvalue weighted by Crippen LogP contribution is -2.42. The van der Waals surface area contributed by atoms with Crippen molar-refractivity contribution in [3.8, 4) is 0 Å². The molecule has 0 saturated carbocycles. The maximum Gasteiger partial charge on any atom is 0.329 e. The van der Waals surface area contributed by atoms with Crippen molar-refractivity contribution in [1.82, 2.24) is 5.32 Å². The normalized spacial score (nSPS) is 12.5. The largest absolute Gasteiger partial charge is 0.467 e. The number of rotatable bonds is 9. The highest BCUT2D eigenvalue weighted by atomic mass is 32.2. The van der Waals surface area contributed by atoms with Gasteiger partial charge in [-0.25, -0.2) is 4.79 Å². The quantitative estimate of drug-likeness (QED) is 0.651. The SMILES string of the molecule is COC(=O)[C@H](CSC(C(=O)OCc1ccccc1)c1ccccc1)NC(C)=O. The van der Waals surface area contributed by atoms with E-state index in [4.69, 9.17) is 9.47 Å². The molecule has 0 aliphatic carbocycles. The Morgan fingerprint density at radius 1 is 0.964 bits per heavy atom.